The molecule has 74 valence electrons. The van der Waals surface area contributed by atoms with Gasteiger partial charge in [0.1, 0.15) is 11.6 Å². The number of halogens is 1. The van der Waals surface area contributed by atoms with Gasteiger partial charge in [-0.25, -0.2) is 4.98 Å². The van der Waals surface area contributed by atoms with E-state index < -0.39 is 0 Å². The molecule has 0 aliphatic rings. The number of rotatable bonds is 1. The Balaban J connectivity index is 2.86. The lowest BCUT2D eigenvalue weighted by Crippen LogP contribution is -2.02. The molecule has 2 rings (SSSR count). The molecule has 0 spiro atoms. The summed E-state index contributed by atoms with van der Waals surface area (Å²) in [6, 6.07) is 5.64. The average Bonchev–Trinajstić information content (AvgIpc) is 2.46. The first-order valence-corrected chi connectivity index (χ1v) is 4.91. The van der Waals surface area contributed by atoms with Crippen molar-refractivity contribution in [3.8, 4) is 0 Å². The van der Waals surface area contributed by atoms with E-state index in [0.29, 0.717) is 16.9 Å². The van der Waals surface area contributed by atoms with Gasteiger partial charge in [-0.1, -0.05) is 31.5 Å². The average molecular weight is 210 g/mol. The third-order valence-electron chi connectivity index (χ3n) is 2.19. The molecule has 2 heterocycles. The zero-order valence-electron chi connectivity index (χ0n) is 8.16. The lowest BCUT2D eigenvalue weighted by atomic mass is 10.2. The van der Waals surface area contributed by atoms with Crippen LogP contribution in [0, 0.1) is 0 Å². The maximum Gasteiger partial charge on any atom is 0.155 e. The van der Waals surface area contributed by atoms with Gasteiger partial charge >= 0.3 is 0 Å². The first kappa shape index (κ1) is 9.34. The topological polar surface area (TPSA) is 43.3 Å². The number of fused-ring (bicyclic) bond motifs is 1. The van der Waals surface area contributed by atoms with Crippen molar-refractivity contribution in [1.29, 1.82) is 0 Å². The smallest absolute Gasteiger partial charge is 0.155 e. The summed E-state index contributed by atoms with van der Waals surface area (Å²) in [5, 5.41) is 0.515. The van der Waals surface area contributed by atoms with Gasteiger partial charge in [0.25, 0.3) is 0 Å². The second kappa shape index (κ2) is 3.17. The van der Waals surface area contributed by atoms with E-state index >= 15 is 0 Å². The number of aromatic nitrogens is 2. The number of hydrogen-bond donors (Lipinski definition) is 1. The van der Waals surface area contributed by atoms with Crippen LogP contribution in [0.1, 0.15) is 25.6 Å². The highest BCUT2D eigenvalue weighted by Gasteiger charge is 2.13. The number of hydrogen-bond acceptors (Lipinski definition) is 2. The van der Waals surface area contributed by atoms with Crippen LogP contribution >= 0.6 is 11.6 Å². The summed E-state index contributed by atoms with van der Waals surface area (Å²) in [4.78, 5) is 4.30. The van der Waals surface area contributed by atoms with E-state index in [1.54, 1.807) is 0 Å². The van der Waals surface area contributed by atoms with Crippen LogP contribution < -0.4 is 5.73 Å². The van der Waals surface area contributed by atoms with Crippen molar-refractivity contribution in [2.24, 2.45) is 0 Å². The molecule has 0 amide bonds. The van der Waals surface area contributed by atoms with Gasteiger partial charge in [0, 0.05) is 5.92 Å². The standard InChI is InChI=1S/C10H12ClN3/c1-6(2)10-13-9(11)7-4-3-5-8(12)14(7)10/h3-6H,12H2,1-2H3. The van der Waals surface area contributed by atoms with Crippen LogP contribution in [0.2, 0.25) is 5.15 Å². The molecule has 2 aromatic rings. The molecule has 2 aromatic heterocycles. The number of imidazole rings is 1. The van der Waals surface area contributed by atoms with Crippen LogP contribution in [0.15, 0.2) is 18.2 Å². The predicted octanol–water partition coefficient (Wildman–Crippen LogP) is 2.69. The highest BCUT2D eigenvalue weighted by Crippen LogP contribution is 2.25. The molecule has 0 unspecified atom stereocenters. The Kier molecular flexibility index (Phi) is 2.11. The molecule has 2 N–H and O–H groups in total. The fraction of sp³-hybridized carbons (Fsp3) is 0.300. The molecule has 4 heteroatoms. The van der Waals surface area contributed by atoms with Crippen molar-refractivity contribution >= 4 is 22.9 Å². The molecule has 14 heavy (non-hydrogen) atoms. The maximum atomic E-state index is 6.01. The molecule has 0 bridgehead atoms. The number of anilines is 1. The first-order valence-electron chi connectivity index (χ1n) is 4.53. The molecule has 0 saturated carbocycles. The Morgan fingerprint density at radius 3 is 2.79 bits per heavy atom. The zero-order chi connectivity index (χ0) is 10.3. The molecule has 0 aromatic carbocycles. The summed E-state index contributed by atoms with van der Waals surface area (Å²) >= 11 is 6.01. The van der Waals surface area contributed by atoms with Gasteiger partial charge in [0.2, 0.25) is 0 Å². The third-order valence-corrected chi connectivity index (χ3v) is 2.47. The molecule has 0 atom stereocenters. The lowest BCUT2D eigenvalue weighted by Gasteiger charge is -2.06. The molecular weight excluding hydrogens is 198 g/mol. The summed E-state index contributed by atoms with van der Waals surface area (Å²) < 4.78 is 1.90. The zero-order valence-corrected chi connectivity index (χ0v) is 8.92. The lowest BCUT2D eigenvalue weighted by molar-refractivity contribution is 0.773. The second-order valence-corrected chi connectivity index (χ2v) is 3.94. The van der Waals surface area contributed by atoms with E-state index in [0.717, 1.165) is 11.3 Å². The van der Waals surface area contributed by atoms with Crippen molar-refractivity contribution in [2.45, 2.75) is 19.8 Å². The van der Waals surface area contributed by atoms with E-state index in [1.807, 2.05) is 22.6 Å². The second-order valence-electron chi connectivity index (χ2n) is 3.59. The summed E-state index contributed by atoms with van der Waals surface area (Å²) in [6.07, 6.45) is 0. The van der Waals surface area contributed by atoms with Crippen LogP contribution in [0.4, 0.5) is 5.82 Å². The summed E-state index contributed by atoms with van der Waals surface area (Å²) in [7, 11) is 0. The summed E-state index contributed by atoms with van der Waals surface area (Å²) in [6.45, 7) is 4.13. The number of pyridine rings is 1. The van der Waals surface area contributed by atoms with Crippen LogP contribution in [-0.2, 0) is 0 Å². The minimum absolute atomic E-state index is 0.305. The van der Waals surface area contributed by atoms with Crippen molar-refractivity contribution < 1.29 is 0 Å². The van der Waals surface area contributed by atoms with E-state index in [2.05, 4.69) is 18.8 Å². The van der Waals surface area contributed by atoms with Gasteiger partial charge in [0.15, 0.2) is 5.15 Å². The Hall–Kier alpha value is -1.22. The van der Waals surface area contributed by atoms with Gasteiger partial charge in [-0.05, 0) is 12.1 Å². The fourth-order valence-electron chi connectivity index (χ4n) is 1.54. The first-order chi connectivity index (χ1) is 6.61. The fourth-order valence-corrected chi connectivity index (χ4v) is 1.77. The van der Waals surface area contributed by atoms with Crippen LogP contribution in [0.3, 0.4) is 0 Å². The van der Waals surface area contributed by atoms with Gasteiger partial charge in [-0.3, -0.25) is 4.40 Å². The highest BCUT2D eigenvalue weighted by atomic mass is 35.5. The minimum Gasteiger partial charge on any atom is -0.385 e. The molecule has 0 saturated heterocycles. The van der Waals surface area contributed by atoms with Crippen molar-refractivity contribution in [3.05, 3.63) is 29.2 Å². The quantitative estimate of drug-likeness (QED) is 0.785. The molecule has 0 fully saturated rings. The van der Waals surface area contributed by atoms with E-state index in [4.69, 9.17) is 17.3 Å². The van der Waals surface area contributed by atoms with Gasteiger partial charge < -0.3 is 5.73 Å². The van der Waals surface area contributed by atoms with Crippen molar-refractivity contribution in [2.75, 3.05) is 5.73 Å². The third kappa shape index (κ3) is 1.24. The van der Waals surface area contributed by atoms with Crippen LogP contribution in [-0.4, -0.2) is 9.38 Å². The summed E-state index contributed by atoms with van der Waals surface area (Å²) in [5.41, 5.74) is 6.74. The van der Waals surface area contributed by atoms with Crippen LogP contribution in [0.25, 0.3) is 5.52 Å². The predicted molar refractivity (Wildman–Crippen MR) is 58.7 cm³/mol. The largest absolute Gasteiger partial charge is 0.385 e. The number of nitrogens with zero attached hydrogens (tertiary/aromatic N) is 2. The molecule has 0 radical (unpaired) electrons. The monoisotopic (exact) mass is 209 g/mol. The minimum atomic E-state index is 0.305. The number of nitrogen functional groups attached to an aromatic ring is 1. The van der Waals surface area contributed by atoms with Crippen molar-refractivity contribution in [3.63, 3.8) is 0 Å². The van der Waals surface area contributed by atoms with Crippen LogP contribution in [0.5, 0.6) is 0 Å². The van der Waals surface area contributed by atoms with E-state index in [1.165, 1.54) is 0 Å². The summed E-state index contributed by atoms with van der Waals surface area (Å²) in [5.74, 6) is 1.88. The number of nitrogens with two attached hydrogens (primary N) is 1. The van der Waals surface area contributed by atoms with E-state index in [9.17, 15) is 0 Å². The Bertz CT molecular complexity index is 473. The van der Waals surface area contributed by atoms with Gasteiger partial charge in [0.05, 0.1) is 5.52 Å². The maximum absolute atomic E-state index is 6.01. The Morgan fingerprint density at radius 2 is 2.14 bits per heavy atom. The highest BCUT2D eigenvalue weighted by molar-refractivity contribution is 6.32. The van der Waals surface area contributed by atoms with Crippen molar-refractivity contribution in [1.82, 2.24) is 9.38 Å². The van der Waals surface area contributed by atoms with E-state index in [-0.39, 0.29) is 0 Å². The molecule has 0 aliphatic heterocycles. The Labute approximate surface area is 87.5 Å². The van der Waals surface area contributed by atoms with Gasteiger partial charge in [-0.15, -0.1) is 0 Å². The normalized spacial score (nSPS) is 11.4. The molecule has 3 nitrogen and oxygen atoms in total. The molecular formula is C10H12ClN3. The molecule has 0 aliphatic carbocycles. The SMILES string of the molecule is CC(C)c1nc(Cl)c2cccc(N)n12. The van der Waals surface area contributed by atoms with Gasteiger partial charge in [-0.2, -0.15) is 0 Å². The Morgan fingerprint density at radius 1 is 1.43 bits per heavy atom.